The van der Waals surface area contributed by atoms with E-state index in [9.17, 15) is 9.59 Å². The van der Waals surface area contributed by atoms with E-state index in [1.54, 1.807) is 7.05 Å². The van der Waals surface area contributed by atoms with E-state index >= 15 is 0 Å². The van der Waals surface area contributed by atoms with Crippen LogP contribution in [0.2, 0.25) is 5.02 Å². The van der Waals surface area contributed by atoms with Crippen LogP contribution in [0.1, 0.15) is 11.1 Å². The van der Waals surface area contributed by atoms with Crippen molar-refractivity contribution in [1.82, 2.24) is 4.90 Å². The Labute approximate surface area is 157 Å². The van der Waals surface area contributed by atoms with Crippen molar-refractivity contribution in [3.63, 3.8) is 0 Å². The lowest BCUT2D eigenvalue weighted by molar-refractivity contribution is -0.131. The largest absolute Gasteiger partial charge is 0.336 e. The predicted octanol–water partition coefficient (Wildman–Crippen LogP) is 3.98. The number of thioether (sulfide) groups is 1. The quantitative estimate of drug-likeness (QED) is 0.795. The molecule has 0 unspecified atom stereocenters. The van der Waals surface area contributed by atoms with Crippen molar-refractivity contribution in [3.8, 4) is 0 Å². The van der Waals surface area contributed by atoms with Crippen molar-refractivity contribution in [1.29, 1.82) is 0 Å². The van der Waals surface area contributed by atoms with Gasteiger partial charge in [0.05, 0.1) is 12.3 Å². The Morgan fingerprint density at radius 1 is 1.12 bits per heavy atom. The van der Waals surface area contributed by atoms with E-state index in [0.29, 0.717) is 16.5 Å². The van der Waals surface area contributed by atoms with Crippen LogP contribution in [0.5, 0.6) is 0 Å². The molecule has 25 heavy (non-hydrogen) atoms. The number of nitrogens with zero attached hydrogens (tertiary/aromatic N) is 1. The number of halogens is 1. The molecule has 0 heterocycles. The zero-order valence-corrected chi connectivity index (χ0v) is 15.9. The summed E-state index contributed by atoms with van der Waals surface area (Å²) in [5.41, 5.74) is 2.85. The SMILES string of the molecule is Cc1ccc(NC(=O)CN(C)C(=O)CSCc2ccccc2Cl)cc1. The van der Waals surface area contributed by atoms with Gasteiger partial charge in [-0.1, -0.05) is 47.5 Å². The van der Waals surface area contributed by atoms with Gasteiger partial charge in [0.1, 0.15) is 0 Å². The van der Waals surface area contributed by atoms with E-state index in [1.807, 2.05) is 55.5 Å². The molecule has 0 spiro atoms. The molecule has 4 nitrogen and oxygen atoms in total. The van der Waals surface area contributed by atoms with Crippen LogP contribution in [0.4, 0.5) is 5.69 Å². The number of rotatable bonds is 7. The number of carbonyl (C=O) groups excluding carboxylic acids is 2. The number of amides is 2. The Morgan fingerprint density at radius 2 is 1.80 bits per heavy atom. The van der Waals surface area contributed by atoms with Crippen molar-refractivity contribution in [2.45, 2.75) is 12.7 Å². The van der Waals surface area contributed by atoms with Gasteiger partial charge in [0.2, 0.25) is 11.8 Å². The molecule has 0 saturated carbocycles. The van der Waals surface area contributed by atoms with Gasteiger partial charge in [0.25, 0.3) is 0 Å². The minimum Gasteiger partial charge on any atom is -0.336 e. The molecular weight excluding hydrogens is 356 g/mol. The van der Waals surface area contributed by atoms with Crippen molar-refractivity contribution in [3.05, 3.63) is 64.7 Å². The zero-order chi connectivity index (χ0) is 18.2. The second kappa shape index (κ2) is 9.49. The predicted molar refractivity (Wildman–Crippen MR) is 105 cm³/mol. The Kier molecular flexibility index (Phi) is 7.34. The molecule has 2 amide bonds. The molecule has 2 aromatic rings. The second-order valence-electron chi connectivity index (χ2n) is 5.75. The molecule has 0 atom stereocenters. The van der Waals surface area contributed by atoms with Gasteiger partial charge < -0.3 is 10.2 Å². The van der Waals surface area contributed by atoms with Crippen LogP contribution in [-0.4, -0.2) is 36.1 Å². The highest BCUT2D eigenvalue weighted by molar-refractivity contribution is 7.99. The van der Waals surface area contributed by atoms with Crippen molar-refractivity contribution >= 4 is 40.9 Å². The molecule has 0 radical (unpaired) electrons. The first-order valence-corrected chi connectivity index (χ1v) is 9.40. The first-order chi connectivity index (χ1) is 12.0. The molecule has 1 N–H and O–H groups in total. The summed E-state index contributed by atoms with van der Waals surface area (Å²) in [4.78, 5) is 25.6. The average Bonchev–Trinajstić information content (AvgIpc) is 2.58. The summed E-state index contributed by atoms with van der Waals surface area (Å²) < 4.78 is 0. The number of anilines is 1. The summed E-state index contributed by atoms with van der Waals surface area (Å²) in [5.74, 6) is 0.667. The molecule has 0 aliphatic heterocycles. The van der Waals surface area contributed by atoms with Gasteiger partial charge in [-0.25, -0.2) is 0 Å². The number of hydrogen-bond donors (Lipinski definition) is 1. The fourth-order valence-corrected chi connectivity index (χ4v) is 3.37. The first-order valence-electron chi connectivity index (χ1n) is 7.87. The third kappa shape index (κ3) is 6.44. The van der Waals surface area contributed by atoms with Gasteiger partial charge in [0, 0.05) is 23.5 Å². The fourth-order valence-electron chi connectivity index (χ4n) is 2.11. The molecule has 0 aliphatic rings. The van der Waals surface area contributed by atoms with E-state index in [-0.39, 0.29) is 18.4 Å². The summed E-state index contributed by atoms with van der Waals surface area (Å²) in [6, 6.07) is 15.1. The molecule has 2 aromatic carbocycles. The van der Waals surface area contributed by atoms with Crippen LogP contribution in [0.3, 0.4) is 0 Å². The van der Waals surface area contributed by atoms with E-state index in [1.165, 1.54) is 16.7 Å². The summed E-state index contributed by atoms with van der Waals surface area (Å²) in [6.07, 6.45) is 0. The van der Waals surface area contributed by atoms with Gasteiger partial charge in [0.15, 0.2) is 0 Å². The molecule has 132 valence electrons. The van der Waals surface area contributed by atoms with Gasteiger partial charge >= 0.3 is 0 Å². The third-order valence-electron chi connectivity index (χ3n) is 3.58. The number of benzene rings is 2. The minimum absolute atomic E-state index is 0.0271. The van der Waals surface area contributed by atoms with Crippen LogP contribution < -0.4 is 5.32 Å². The Bertz CT molecular complexity index is 734. The monoisotopic (exact) mass is 376 g/mol. The van der Waals surface area contributed by atoms with Crippen molar-refractivity contribution in [2.24, 2.45) is 0 Å². The summed E-state index contributed by atoms with van der Waals surface area (Å²) in [5, 5.41) is 3.49. The molecule has 2 rings (SSSR count). The zero-order valence-electron chi connectivity index (χ0n) is 14.3. The highest BCUT2D eigenvalue weighted by Crippen LogP contribution is 2.20. The second-order valence-corrected chi connectivity index (χ2v) is 7.14. The maximum atomic E-state index is 12.1. The molecule has 0 saturated heterocycles. The fraction of sp³-hybridized carbons (Fsp3) is 0.263. The summed E-state index contributed by atoms with van der Waals surface area (Å²) in [7, 11) is 1.63. The average molecular weight is 377 g/mol. The van der Waals surface area contributed by atoms with E-state index in [4.69, 9.17) is 11.6 Å². The normalized spacial score (nSPS) is 10.4. The van der Waals surface area contributed by atoms with Crippen LogP contribution >= 0.6 is 23.4 Å². The number of carbonyl (C=O) groups is 2. The smallest absolute Gasteiger partial charge is 0.243 e. The molecule has 0 bridgehead atoms. The first kappa shape index (κ1) is 19.3. The number of likely N-dealkylation sites (N-methyl/N-ethyl adjacent to an activating group) is 1. The highest BCUT2D eigenvalue weighted by Gasteiger charge is 2.13. The molecule has 0 aromatic heterocycles. The lowest BCUT2D eigenvalue weighted by atomic mass is 10.2. The van der Waals surface area contributed by atoms with Crippen LogP contribution in [0, 0.1) is 6.92 Å². The number of aryl methyl sites for hydroxylation is 1. The van der Waals surface area contributed by atoms with Gasteiger partial charge in [-0.15, -0.1) is 11.8 Å². The third-order valence-corrected chi connectivity index (χ3v) is 4.92. The van der Waals surface area contributed by atoms with Crippen LogP contribution in [0.25, 0.3) is 0 Å². The topological polar surface area (TPSA) is 49.4 Å². The maximum absolute atomic E-state index is 12.1. The van der Waals surface area contributed by atoms with Gasteiger partial charge in [-0.05, 0) is 30.7 Å². The minimum atomic E-state index is -0.212. The Hall–Kier alpha value is -1.98. The van der Waals surface area contributed by atoms with Gasteiger partial charge in [-0.3, -0.25) is 9.59 Å². The Balaban J connectivity index is 1.74. The lowest BCUT2D eigenvalue weighted by Crippen LogP contribution is -2.35. The van der Waals surface area contributed by atoms with E-state index < -0.39 is 0 Å². The van der Waals surface area contributed by atoms with Crippen molar-refractivity contribution < 1.29 is 9.59 Å². The van der Waals surface area contributed by atoms with E-state index in [2.05, 4.69) is 5.32 Å². The van der Waals surface area contributed by atoms with Crippen LogP contribution in [-0.2, 0) is 15.3 Å². The van der Waals surface area contributed by atoms with Gasteiger partial charge in [-0.2, -0.15) is 0 Å². The molecular formula is C19H21ClN2O2S. The molecule has 6 heteroatoms. The number of nitrogens with one attached hydrogen (secondary N) is 1. The summed E-state index contributed by atoms with van der Waals surface area (Å²) >= 11 is 7.58. The number of hydrogen-bond acceptors (Lipinski definition) is 3. The lowest BCUT2D eigenvalue weighted by Gasteiger charge is -2.17. The molecule has 0 aliphatic carbocycles. The van der Waals surface area contributed by atoms with Crippen molar-refractivity contribution in [2.75, 3.05) is 24.7 Å². The standard InChI is InChI=1S/C19H21ClN2O2S/c1-14-7-9-16(10-8-14)21-18(23)11-22(2)19(24)13-25-12-15-5-3-4-6-17(15)20/h3-10H,11-13H2,1-2H3,(H,21,23). The van der Waals surface area contributed by atoms with E-state index in [0.717, 1.165) is 16.8 Å². The Morgan fingerprint density at radius 3 is 2.48 bits per heavy atom. The highest BCUT2D eigenvalue weighted by atomic mass is 35.5. The van der Waals surface area contributed by atoms with Crippen LogP contribution in [0.15, 0.2) is 48.5 Å². The maximum Gasteiger partial charge on any atom is 0.243 e. The molecule has 0 fully saturated rings. The summed E-state index contributed by atoms with van der Waals surface area (Å²) in [6.45, 7) is 2.01.